The summed E-state index contributed by atoms with van der Waals surface area (Å²) in [7, 11) is 0. The van der Waals surface area contributed by atoms with Crippen molar-refractivity contribution < 1.29 is 13.9 Å². The number of nitrogens with zero attached hydrogens (tertiary/aromatic N) is 1. The summed E-state index contributed by atoms with van der Waals surface area (Å²) in [6, 6.07) is 14.1. The first-order valence-electron chi connectivity index (χ1n) is 10.2. The molecule has 2 unspecified atom stereocenters. The number of likely N-dealkylation sites (tertiary alicyclic amines) is 1. The van der Waals surface area contributed by atoms with E-state index in [0.29, 0.717) is 27.8 Å². The molecule has 0 saturated carbocycles. The van der Waals surface area contributed by atoms with E-state index in [1.807, 2.05) is 29.2 Å². The van der Waals surface area contributed by atoms with E-state index in [0.717, 1.165) is 36.9 Å². The van der Waals surface area contributed by atoms with Gasteiger partial charge in [0.2, 0.25) is 0 Å². The smallest absolute Gasteiger partial charge is 0.336 e. The van der Waals surface area contributed by atoms with Crippen LogP contribution in [-0.4, -0.2) is 30.0 Å². The molecule has 2 aromatic carbocycles. The summed E-state index contributed by atoms with van der Waals surface area (Å²) in [5.41, 5.74) is 1.38. The molecule has 0 aliphatic carbocycles. The number of hydrogen-bond donors (Lipinski definition) is 0. The number of amides is 1. The lowest BCUT2D eigenvalue weighted by Crippen LogP contribution is -2.45. The zero-order valence-corrected chi connectivity index (χ0v) is 17.8. The maximum atomic E-state index is 12.8. The normalized spacial score (nSPS) is 17.7. The molecule has 3 aromatic rings. The van der Waals surface area contributed by atoms with Gasteiger partial charge >= 0.3 is 5.63 Å². The van der Waals surface area contributed by atoms with Gasteiger partial charge in [-0.05, 0) is 43.9 Å². The van der Waals surface area contributed by atoms with Gasteiger partial charge in [0.05, 0.1) is 0 Å². The van der Waals surface area contributed by atoms with Crippen LogP contribution in [0.4, 0.5) is 0 Å². The van der Waals surface area contributed by atoms with Crippen molar-refractivity contribution in [1.29, 1.82) is 0 Å². The zero-order chi connectivity index (χ0) is 21.3. The van der Waals surface area contributed by atoms with Crippen LogP contribution in [0.2, 0.25) is 5.02 Å². The standard InChI is InChI=1S/C24H24ClNO4/c1-15-6-5-11-26(14-15)24(28)16(2)29-17-9-10-19-20(13-23(27)30-22(19)12-17)18-7-3-4-8-21(18)25/h3-4,7-10,12-13,15-16H,5-6,11,14H2,1-2H3. The minimum Gasteiger partial charge on any atom is -0.481 e. The summed E-state index contributed by atoms with van der Waals surface area (Å²) < 4.78 is 11.3. The minimum atomic E-state index is -0.619. The number of ether oxygens (including phenoxy) is 1. The minimum absolute atomic E-state index is 0.0204. The molecule has 4 rings (SSSR count). The Bertz CT molecular complexity index is 1140. The fourth-order valence-electron chi connectivity index (χ4n) is 4.02. The number of carbonyl (C=O) groups is 1. The van der Waals surface area contributed by atoms with Crippen LogP contribution >= 0.6 is 11.6 Å². The van der Waals surface area contributed by atoms with Crippen LogP contribution in [0.3, 0.4) is 0 Å². The third-order valence-electron chi connectivity index (χ3n) is 5.51. The predicted molar refractivity (Wildman–Crippen MR) is 118 cm³/mol. The van der Waals surface area contributed by atoms with Gasteiger partial charge in [-0.1, -0.05) is 36.7 Å². The summed E-state index contributed by atoms with van der Waals surface area (Å²) in [5, 5.41) is 1.30. The van der Waals surface area contributed by atoms with Gasteiger partial charge in [0.1, 0.15) is 11.3 Å². The summed E-state index contributed by atoms with van der Waals surface area (Å²) >= 11 is 6.33. The lowest BCUT2D eigenvalue weighted by Gasteiger charge is -2.32. The second-order valence-electron chi connectivity index (χ2n) is 7.91. The number of benzene rings is 2. The molecule has 156 valence electrons. The number of piperidine rings is 1. The fourth-order valence-corrected chi connectivity index (χ4v) is 4.26. The largest absolute Gasteiger partial charge is 0.481 e. The molecule has 1 saturated heterocycles. The Hall–Kier alpha value is -2.79. The highest BCUT2D eigenvalue weighted by Gasteiger charge is 2.26. The van der Waals surface area contributed by atoms with Crippen molar-refractivity contribution in [3.63, 3.8) is 0 Å². The molecular weight excluding hydrogens is 402 g/mol. The van der Waals surface area contributed by atoms with Gasteiger partial charge in [0.25, 0.3) is 5.91 Å². The van der Waals surface area contributed by atoms with Crippen molar-refractivity contribution >= 4 is 28.5 Å². The number of halogens is 1. The van der Waals surface area contributed by atoms with Crippen molar-refractivity contribution in [2.24, 2.45) is 5.92 Å². The van der Waals surface area contributed by atoms with Gasteiger partial charge in [-0.25, -0.2) is 4.79 Å². The SMILES string of the molecule is CC1CCCN(C(=O)C(C)Oc2ccc3c(-c4ccccc4Cl)cc(=O)oc3c2)C1. The Morgan fingerprint density at radius 1 is 1.20 bits per heavy atom. The molecule has 0 bridgehead atoms. The van der Waals surface area contributed by atoms with E-state index in [-0.39, 0.29) is 5.91 Å². The molecule has 1 amide bonds. The van der Waals surface area contributed by atoms with Crippen LogP contribution < -0.4 is 10.4 Å². The highest BCUT2D eigenvalue weighted by molar-refractivity contribution is 6.33. The van der Waals surface area contributed by atoms with Crippen LogP contribution in [0.25, 0.3) is 22.1 Å². The van der Waals surface area contributed by atoms with Crippen molar-refractivity contribution in [2.45, 2.75) is 32.8 Å². The summed E-state index contributed by atoms with van der Waals surface area (Å²) in [5.74, 6) is 0.967. The second-order valence-corrected chi connectivity index (χ2v) is 8.32. The molecule has 1 aromatic heterocycles. The first-order valence-corrected chi connectivity index (χ1v) is 10.6. The van der Waals surface area contributed by atoms with Crippen molar-refractivity contribution in [1.82, 2.24) is 4.90 Å². The average molecular weight is 426 g/mol. The molecular formula is C24H24ClNO4. The van der Waals surface area contributed by atoms with Crippen LogP contribution in [0.1, 0.15) is 26.7 Å². The highest BCUT2D eigenvalue weighted by Crippen LogP contribution is 2.34. The number of hydrogen-bond acceptors (Lipinski definition) is 4. The Kier molecular flexibility index (Phi) is 5.82. The molecule has 0 spiro atoms. The summed E-state index contributed by atoms with van der Waals surface area (Å²) in [6.45, 7) is 5.44. The van der Waals surface area contributed by atoms with E-state index in [1.54, 1.807) is 25.1 Å². The quantitative estimate of drug-likeness (QED) is 0.543. The van der Waals surface area contributed by atoms with Crippen LogP contribution in [0, 0.1) is 5.92 Å². The highest BCUT2D eigenvalue weighted by atomic mass is 35.5. The van der Waals surface area contributed by atoms with E-state index in [1.165, 1.54) is 6.07 Å². The van der Waals surface area contributed by atoms with E-state index >= 15 is 0 Å². The van der Waals surface area contributed by atoms with Gasteiger partial charge < -0.3 is 14.1 Å². The average Bonchev–Trinajstić information content (AvgIpc) is 2.72. The van der Waals surface area contributed by atoms with Gasteiger partial charge in [-0.2, -0.15) is 0 Å². The Labute approximate surface area is 180 Å². The summed E-state index contributed by atoms with van der Waals surface area (Å²) in [4.78, 5) is 26.8. The fraction of sp³-hybridized carbons (Fsp3) is 0.333. The zero-order valence-electron chi connectivity index (χ0n) is 17.1. The van der Waals surface area contributed by atoms with E-state index in [2.05, 4.69) is 6.92 Å². The number of carbonyl (C=O) groups excluding carboxylic acids is 1. The lowest BCUT2D eigenvalue weighted by molar-refractivity contribution is -0.139. The van der Waals surface area contributed by atoms with Gasteiger partial charge in [0.15, 0.2) is 6.10 Å². The first kappa shape index (κ1) is 20.5. The Morgan fingerprint density at radius 3 is 2.77 bits per heavy atom. The predicted octanol–water partition coefficient (Wildman–Crippen LogP) is 5.14. The summed E-state index contributed by atoms with van der Waals surface area (Å²) in [6.07, 6.45) is 1.55. The van der Waals surface area contributed by atoms with Crippen molar-refractivity contribution in [3.8, 4) is 16.9 Å². The topological polar surface area (TPSA) is 59.8 Å². The molecule has 1 fully saturated rings. The lowest BCUT2D eigenvalue weighted by atomic mass is 10.00. The molecule has 1 aliphatic heterocycles. The van der Waals surface area contributed by atoms with Gasteiger partial charge in [0, 0.05) is 46.8 Å². The van der Waals surface area contributed by atoms with Crippen molar-refractivity contribution in [3.05, 3.63) is 64.0 Å². The number of rotatable bonds is 4. The van der Waals surface area contributed by atoms with Crippen LogP contribution in [-0.2, 0) is 4.79 Å². The second kappa shape index (κ2) is 8.52. The molecule has 0 radical (unpaired) electrons. The third-order valence-corrected chi connectivity index (χ3v) is 5.84. The molecule has 5 nitrogen and oxygen atoms in total. The Morgan fingerprint density at radius 2 is 2.00 bits per heavy atom. The maximum Gasteiger partial charge on any atom is 0.336 e. The monoisotopic (exact) mass is 425 g/mol. The molecule has 6 heteroatoms. The van der Waals surface area contributed by atoms with Gasteiger partial charge in [-0.3, -0.25) is 4.79 Å². The molecule has 2 heterocycles. The van der Waals surface area contributed by atoms with Gasteiger partial charge in [-0.15, -0.1) is 0 Å². The van der Waals surface area contributed by atoms with Crippen LogP contribution in [0.5, 0.6) is 5.75 Å². The van der Waals surface area contributed by atoms with E-state index < -0.39 is 11.7 Å². The maximum absolute atomic E-state index is 12.8. The Balaban J connectivity index is 1.62. The van der Waals surface area contributed by atoms with E-state index in [9.17, 15) is 9.59 Å². The molecule has 30 heavy (non-hydrogen) atoms. The number of fused-ring (bicyclic) bond motifs is 1. The van der Waals surface area contributed by atoms with E-state index in [4.69, 9.17) is 20.8 Å². The van der Waals surface area contributed by atoms with Crippen LogP contribution in [0.15, 0.2) is 57.7 Å². The molecule has 2 atom stereocenters. The van der Waals surface area contributed by atoms with Crippen molar-refractivity contribution in [2.75, 3.05) is 13.1 Å². The molecule has 0 N–H and O–H groups in total. The first-order chi connectivity index (χ1) is 14.4. The third kappa shape index (κ3) is 4.21. The molecule has 1 aliphatic rings.